The van der Waals surface area contributed by atoms with Gasteiger partial charge < -0.3 is 33.8 Å². The van der Waals surface area contributed by atoms with Crippen LogP contribution in [0, 0.1) is 6.92 Å². The fraction of sp³-hybridized carbons (Fsp3) is 0.414. The molecule has 2 fully saturated rings. The van der Waals surface area contributed by atoms with Crippen LogP contribution in [0.4, 0.5) is 5.69 Å². The monoisotopic (exact) mass is 532 g/mol. The average Bonchev–Trinajstić information content (AvgIpc) is 3.60. The summed E-state index contributed by atoms with van der Waals surface area (Å²) in [7, 11) is 3.21. The number of hydrogen-bond acceptors (Lipinski definition) is 8. The van der Waals surface area contributed by atoms with Crippen molar-refractivity contribution >= 4 is 33.6 Å². The lowest BCUT2D eigenvalue weighted by Crippen LogP contribution is -2.38. The number of pyridine rings is 1. The molecular weight excluding hydrogens is 500 g/mol. The Hall–Kier alpha value is -4.05. The second kappa shape index (κ2) is 9.92. The van der Waals surface area contributed by atoms with E-state index < -0.39 is 11.5 Å². The number of methoxy groups -OCH3 is 1. The zero-order valence-electron chi connectivity index (χ0n) is 22.4. The van der Waals surface area contributed by atoms with Gasteiger partial charge in [-0.3, -0.25) is 9.59 Å². The molecule has 39 heavy (non-hydrogen) atoms. The molecule has 0 radical (unpaired) electrons. The molecule has 2 aliphatic heterocycles. The molecule has 2 aromatic carbocycles. The maximum absolute atomic E-state index is 13.4. The molecule has 4 aromatic rings. The fourth-order valence-corrected chi connectivity index (χ4v) is 5.70. The highest BCUT2D eigenvalue weighted by atomic mass is 16.6. The number of aromatic nitrogens is 2. The van der Waals surface area contributed by atoms with Crippen LogP contribution in [-0.4, -0.2) is 55.0 Å². The number of oxazole rings is 1. The molecule has 0 aliphatic carbocycles. The van der Waals surface area contributed by atoms with Gasteiger partial charge in [0.1, 0.15) is 17.2 Å². The number of amides is 1. The van der Waals surface area contributed by atoms with E-state index in [1.807, 2.05) is 31.2 Å². The zero-order valence-corrected chi connectivity index (χ0v) is 22.4. The topological polar surface area (TPSA) is 122 Å². The van der Waals surface area contributed by atoms with Gasteiger partial charge in [0.2, 0.25) is 0 Å². The summed E-state index contributed by atoms with van der Waals surface area (Å²) >= 11 is 0. The normalized spacial score (nSPS) is 18.2. The molecule has 2 saturated heterocycles. The number of carbonyl (C=O) groups is 1. The first-order valence-electron chi connectivity index (χ1n) is 13.2. The Morgan fingerprint density at radius 1 is 1.13 bits per heavy atom. The van der Waals surface area contributed by atoms with Crippen LogP contribution in [0.5, 0.6) is 11.5 Å². The molecule has 0 bridgehead atoms. The van der Waals surface area contributed by atoms with E-state index in [1.54, 1.807) is 20.2 Å². The highest BCUT2D eigenvalue weighted by Crippen LogP contribution is 2.40. The van der Waals surface area contributed by atoms with Crippen molar-refractivity contribution in [3.63, 3.8) is 0 Å². The highest BCUT2D eigenvalue weighted by molar-refractivity contribution is 6.07. The Bertz CT molecular complexity index is 1630. The van der Waals surface area contributed by atoms with Gasteiger partial charge >= 0.3 is 0 Å². The number of hydrogen-bond donors (Lipinski definition) is 1. The summed E-state index contributed by atoms with van der Waals surface area (Å²) in [6.07, 6.45) is 2.19. The Balaban J connectivity index is 1.38. The van der Waals surface area contributed by atoms with Crippen molar-refractivity contribution in [3.05, 3.63) is 57.7 Å². The predicted molar refractivity (Wildman–Crippen MR) is 147 cm³/mol. The molecule has 6 rings (SSSR count). The number of primary amides is 1. The minimum atomic E-state index is -0.758. The van der Waals surface area contributed by atoms with E-state index in [9.17, 15) is 9.59 Å². The molecule has 10 heteroatoms. The van der Waals surface area contributed by atoms with Crippen LogP contribution < -0.4 is 25.7 Å². The van der Waals surface area contributed by atoms with Crippen molar-refractivity contribution < 1.29 is 23.4 Å². The van der Waals surface area contributed by atoms with Gasteiger partial charge in [-0.1, -0.05) is 6.07 Å². The van der Waals surface area contributed by atoms with Gasteiger partial charge in [0.05, 0.1) is 31.5 Å². The first-order valence-corrected chi connectivity index (χ1v) is 13.2. The third kappa shape index (κ3) is 4.48. The highest BCUT2D eigenvalue weighted by Gasteiger charge is 2.31. The van der Waals surface area contributed by atoms with E-state index in [2.05, 4.69) is 4.90 Å². The number of rotatable bonds is 6. The van der Waals surface area contributed by atoms with Gasteiger partial charge in [0, 0.05) is 43.9 Å². The Kier molecular flexibility index (Phi) is 6.42. The third-order valence-electron chi connectivity index (χ3n) is 7.80. The zero-order chi connectivity index (χ0) is 27.3. The SMILES string of the molecule is COc1cc2c(N3CCC(c4nc5cc(C)ccc5o4)CC3)c(C(N)=O)c(=O)n(C)c2cc1O[C@@H]1CCOC1. The number of carbonyl (C=O) groups excluding carboxylic acids is 1. The Labute approximate surface area is 225 Å². The number of nitrogens with two attached hydrogens (primary N) is 1. The lowest BCUT2D eigenvalue weighted by molar-refractivity contribution is 0.0999. The van der Waals surface area contributed by atoms with Gasteiger partial charge in [-0.05, 0) is 43.5 Å². The number of benzene rings is 2. The summed E-state index contributed by atoms with van der Waals surface area (Å²) in [5.74, 6) is 1.14. The Morgan fingerprint density at radius 2 is 1.92 bits per heavy atom. The number of nitrogens with zero attached hydrogens (tertiary/aromatic N) is 3. The van der Waals surface area contributed by atoms with E-state index in [-0.39, 0.29) is 17.6 Å². The maximum Gasteiger partial charge on any atom is 0.265 e. The standard InChI is InChI=1S/C29H32N4O6/c1-16-4-5-22-20(12-16)31-28(39-22)17-6-9-33(10-7-17)26-19-13-23(36-3)24(38-18-8-11-37-15-18)14-21(19)32(2)29(35)25(26)27(30)34/h4-5,12-14,17-18H,6-11,15H2,1-3H3,(H2,30,34)/t18-/m1/s1. The van der Waals surface area contributed by atoms with Gasteiger partial charge in [-0.25, -0.2) is 4.98 Å². The van der Waals surface area contributed by atoms with E-state index >= 15 is 0 Å². The summed E-state index contributed by atoms with van der Waals surface area (Å²) < 4.78 is 24.8. The number of piperidine rings is 1. The van der Waals surface area contributed by atoms with Crippen molar-refractivity contribution in [2.45, 2.75) is 38.2 Å². The van der Waals surface area contributed by atoms with Crippen LogP contribution in [0.15, 0.2) is 39.5 Å². The Morgan fingerprint density at radius 3 is 2.62 bits per heavy atom. The lowest BCUT2D eigenvalue weighted by atomic mass is 9.95. The van der Waals surface area contributed by atoms with Gasteiger partial charge in [0.15, 0.2) is 23.0 Å². The molecule has 0 unspecified atom stereocenters. The third-order valence-corrected chi connectivity index (χ3v) is 7.80. The predicted octanol–water partition coefficient (Wildman–Crippen LogP) is 3.65. The summed E-state index contributed by atoms with van der Waals surface area (Å²) in [4.78, 5) is 32.9. The van der Waals surface area contributed by atoms with Gasteiger partial charge in [0.25, 0.3) is 11.5 Å². The van der Waals surface area contributed by atoms with Crippen molar-refractivity contribution in [2.75, 3.05) is 38.3 Å². The molecule has 1 amide bonds. The molecule has 2 aromatic heterocycles. The van der Waals surface area contributed by atoms with Gasteiger partial charge in [-0.2, -0.15) is 0 Å². The van der Waals surface area contributed by atoms with E-state index in [1.165, 1.54) is 4.57 Å². The fourth-order valence-electron chi connectivity index (χ4n) is 5.70. The molecule has 2 aliphatic rings. The quantitative estimate of drug-likeness (QED) is 0.399. The summed E-state index contributed by atoms with van der Waals surface area (Å²) in [5, 5.41) is 0.702. The first-order chi connectivity index (χ1) is 18.8. The summed E-state index contributed by atoms with van der Waals surface area (Å²) in [6.45, 7) is 4.38. The lowest BCUT2D eigenvalue weighted by Gasteiger charge is -2.34. The second-order valence-corrected chi connectivity index (χ2v) is 10.4. The van der Waals surface area contributed by atoms with Crippen LogP contribution in [0.3, 0.4) is 0 Å². The molecular formula is C29H32N4O6. The van der Waals surface area contributed by atoms with Crippen molar-refractivity contribution in [1.82, 2.24) is 9.55 Å². The molecule has 0 spiro atoms. The first kappa shape index (κ1) is 25.2. The van der Waals surface area contributed by atoms with E-state index in [0.717, 1.165) is 41.8 Å². The van der Waals surface area contributed by atoms with Crippen LogP contribution in [0.1, 0.15) is 47.0 Å². The average molecular weight is 533 g/mol. The van der Waals surface area contributed by atoms with Crippen LogP contribution >= 0.6 is 0 Å². The van der Waals surface area contributed by atoms with Crippen LogP contribution in [-0.2, 0) is 11.8 Å². The van der Waals surface area contributed by atoms with E-state index in [0.29, 0.717) is 54.4 Å². The number of fused-ring (bicyclic) bond motifs is 2. The largest absolute Gasteiger partial charge is 0.493 e. The van der Waals surface area contributed by atoms with Crippen LogP contribution in [0.25, 0.3) is 22.0 Å². The van der Waals surface area contributed by atoms with E-state index in [4.69, 9.17) is 29.3 Å². The summed E-state index contributed by atoms with van der Waals surface area (Å²) in [6, 6.07) is 9.62. The molecule has 204 valence electrons. The second-order valence-electron chi connectivity index (χ2n) is 10.4. The molecule has 2 N–H and O–H groups in total. The smallest absolute Gasteiger partial charge is 0.265 e. The van der Waals surface area contributed by atoms with Crippen LogP contribution in [0.2, 0.25) is 0 Å². The van der Waals surface area contributed by atoms with Crippen molar-refractivity contribution in [2.24, 2.45) is 12.8 Å². The van der Waals surface area contributed by atoms with Crippen molar-refractivity contribution in [1.29, 1.82) is 0 Å². The summed E-state index contributed by atoms with van der Waals surface area (Å²) in [5.41, 5.74) is 9.25. The molecule has 1 atom stereocenters. The maximum atomic E-state index is 13.4. The van der Waals surface area contributed by atoms with Crippen molar-refractivity contribution in [3.8, 4) is 11.5 Å². The molecule has 4 heterocycles. The number of anilines is 1. The molecule has 10 nitrogen and oxygen atoms in total. The minimum absolute atomic E-state index is 0.0271. The number of aryl methyl sites for hydroxylation is 2. The molecule has 0 saturated carbocycles. The number of ether oxygens (including phenoxy) is 3. The minimum Gasteiger partial charge on any atom is -0.493 e. The van der Waals surface area contributed by atoms with Gasteiger partial charge in [-0.15, -0.1) is 0 Å².